The zero-order valence-corrected chi connectivity index (χ0v) is 11.5. The SMILES string of the molecule is NC(=O)NC(=O)C1=C(c2ccc(N)cc2)C=C[I-]1. The Hall–Kier alpha value is -1.83. The first-order chi connectivity index (χ1) is 8.58. The van der Waals surface area contributed by atoms with E-state index >= 15 is 0 Å². The van der Waals surface area contributed by atoms with Crippen LogP contribution < -0.4 is 38.0 Å². The van der Waals surface area contributed by atoms with Crippen LogP contribution in [0.4, 0.5) is 10.5 Å². The van der Waals surface area contributed by atoms with Crippen LogP contribution in [-0.4, -0.2) is 11.9 Å². The van der Waals surface area contributed by atoms with Gasteiger partial charge in [-0.25, -0.2) is 0 Å². The number of amides is 3. The predicted octanol–water partition coefficient (Wildman–Crippen LogP) is -2.21. The number of allylic oxidation sites excluding steroid dienone is 2. The van der Waals surface area contributed by atoms with Crippen molar-refractivity contribution in [2.45, 2.75) is 0 Å². The fourth-order valence-electron chi connectivity index (χ4n) is 1.51. The number of imide groups is 1. The third kappa shape index (κ3) is 2.70. The molecule has 6 heteroatoms. The molecule has 94 valence electrons. The van der Waals surface area contributed by atoms with Crippen LogP contribution in [0, 0.1) is 0 Å². The maximum atomic E-state index is 11.8. The second-order valence-electron chi connectivity index (χ2n) is 3.57. The Morgan fingerprint density at radius 3 is 2.44 bits per heavy atom. The van der Waals surface area contributed by atoms with E-state index in [9.17, 15) is 9.59 Å². The average Bonchev–Trinajstić information content (AvgIpc) is 2.78. The summed E-state index contributed by atoms with van der Waals surface area (Å²) in [5, 5.41) is 2.10. The summed E-state index contributed by atoms with van der Waals surface area (Å²) in [4.78, 5) is 22.5. The van der Waals surface area contributed by atoms with Crippen molar-refractivity contribution in [2.75, 3.05) is 5.73 Å². The fraction of sp³-hybridized carbons (Fsp3) is 0. The Bertz CT molecular complexity index is 561. The topological polar surface area (TPSA) is 98.2 Å². The van der Waals surface area contributed by atoms with Gasteiger partial charge in [-0.15, -0.1) is 0 Å². The van der Waals surface area contributed by atoms with Crippen LogP contribution >= 0.6 is 0 Å². The third-order valence-electron chi connectivity index (χ3n) is 2.30. The zero-order valence-electron chi connectivity index (χ0n) is 9.31. The molecular weight excluding hydrogens is 345 g/mol. The molecule has 1 aliphatic rings. The number of urea groups is 1. The fourth-order valence-corrected chi connectivity index (χ4v) is 3.66. The van der Waals surface area contributed by atoms with Gasteiger partial charge in [0, 0.05) is 0 Å². The number of anilines is 1. The molecule has 0 saturated carbocycles. The maximum absolute atomic E-state index is 11.8. The molecule has 0 aromatic heterocycles. The molecule has 3 amide bonds. The quantitative estimate of drug-likeness (QED) is 0.414. The summed E-state index contributed by atoms with van der Waals surface area (Å²) in [5.74, 6) is -0.410. The molecule has 1 aromatic rings. The van der Waals surface area contributed by atoms with E-state index in [1.165, 1.54) is 0 Å². The van der Waals surface area contributed by atoms with Gasteiger partial charge >= 0.3 is 114 Å². The van der Waals surface area contributed by atoms with Crippen molar-refractivity contribution >= 4 is 23.2 Å². The van der Waals surface area contributed by atoms with Crippen molar-refractivity contribution in [1.82, 2.24) is 5.32 Å². The zero-order chi connectivity index (χ0) is 13.1. The number of hydrogen-bond donors (Lipinski definition) is 3. The van der Waals surface area contributed by atoms with E-state index in [1.54, 1.807) is 12.1 Å². The summed E-state index contributed by atoms with van der Waals surface area (Å²) >= 11 is -0.522. The number of benzene rings is 1. The number of carbonyl (C=O) groups excluding carboxylic acids is 2. The number of nitrogens with one attached hydrogen (secondary N) is 1. The van der Waals surface area contributed by atoms with Gasteiger partial charge in [-0.05, 0) is 0 Å². The van der Waals surface area contributed by atoms with Gasteiger partial charge in [0.05, 0.1) is 0 Å². The van der Waals surface area contributed by atoms with Gasteiger partial charge in [0.2, 0.25) is 0 Å². The predicted molar refractivity (Wildman–Crippen MR) is 64.6 cm³/mol. The average molecular weight is 356 g/mol. The van der Waals surface area contributed by atoms with Gasteiger partial charge in [0.25, 0.3) is 0 Å². The van der Waals surface area contributed by atoms with Crippen LogP contribution in [-0.2, 0) is 4.79 Å². The van der Waals surface area contributed by atoms with Gasteiger partial charge in [-0.2, -0.15) is 0 Å². The van der Waals surface area contributed by atoms with Crippen LogP contribution in [0.2, 0.25) is 0 Å². The number of carbonyl (C=O) groups is 2. The number of nitrogens with two attached hydrogens (primary N) is 2. The van der Waals surface area contributed by atoms with E-state index in [0.717, 1.165) is 11.1 Å². The molecule has 1 heterocycles. The minimum absolute atomic E-state index is 0.410. The molecule has 0 saturated heterocycles. The first-order valence-electron chi connectivity index (χ1n) is 5.09. The van der Waals surface area contributed by atoms with Crippen molar-refractivity contribution < 1.29 is 30.8 Å². The molecule has 5 nitrogen and oxygen atoms in total. The van der Waals surface area contributed by atoms with Crippen molar-refractivity contribution in [2.24, 2.45) is 5.73 Å². The Balaban J connectivity index is 2.33. The second-order valence-corrected chi connectivity index (χ2v) is 5.99. The summed E-state index contributed by atoms with van der Waals surface area (Å²) < 4.78 is 2.61. The summed E-state index contributed by atoms with van der Waals surface area (Å²) in [7, 11) is 0. The second kappa shape index (κ2) is 5.21. The van der Waals surface area contributed by atoms with Crippen LogP contribution in [0.25, 0.3) is 5.57 Å². The monoisotopic (exact) mass is 356 g/mol. The van der Waals surface area contributed by atoms with Gasteiger partial charge in [-0.3, -0.25) is 0 Å². The summed E-state index contributed by atoms with van der Waals surface area (Å²) in [6, 6.07) is 6.41. The van der Waals surface area contributed by atoms with Crippen LogP contribution in [0.15, 0.2) is 38.0 Å². The molecule has 0 spiro atoms. The summed E-state index contributed by atoms with van der Waals surface area (Å²) in [5.41, 5.74) is 13.0. The molecule has 18 heavy (non-hydrogen) atoms. The molecule has 0 atom stereocenters. The summed E-state index contributed by atoms with van der Waals surface area (Å²) in [6.45, 7) is 0. The van der Waals surface area contributed by atoms with Gasteiger partial charge < -0.3 is 0 Å². The van der Waals surface area contributed by atoms with Gasteiger partial charge in [0.15, 0.2) is 0 Å². The number of rotatable bonds is 2. The minimum atomic E-state index is -0.833. The van der Waals surface area contributed by atoms with Gasteiger partial charge in [0.1, 0.15) is 0 Å². The van der Waals surface area contributed by atoms with Crippen LogP contribution in [0.1, 0.15) is 5.56 Å². The van der Waals surface area contributed by atoms with E-state index in [2.05, 4.69) is 5.32 Å². The molecule has 1 aliphatic heterocycles. The number of primary amides is 1. The van der Waals surface area contributed by atoms with Crippen molar-refractivity contribution in [1.29, 1.82) is 0 Å². The summed E-state index contributed by atoms with van der Waals surface area (Å²) in [6.07, 6.45) is 1.90. The van der Waals surface area contributed by atoms with E-state index in [1.807, 2.05) is 22.3 Å². The Kier molecular flexibility index (Phi) is 3.66. The van der Waals surface area contributed by atoms with E-state index in [0.29, 0.717) is 9.27 Å². The molecule has 0 aliphatic carbocycles. The van der Waals surface area contributed by atoms with E-state index in [-0.39, 0.29) is 0 Å². The Morgan fingerprint density at radius 1 is 1.17 bits per heavy atom. The molecule has 1 aromatic carbocycles. The Labute approximate surface area is 114 Å². The van der Waals surface area contributed by atoms with E-state index in [4.69, 9.17) is 11.5 Å². The molecule has 2 rings (SSSR count). The molecule has 5 N–H and O–H groups in total. The van der Waals surface area contributed by atoms with Gasteiger partial charge in [-0.1, -0.05) is 0 Å². The molecule has 0 fully saturated rings. The van der Waals surface area contributed by atoms with Crippen molar-refractivity contribution in [3.8, 4) is 0 Å². The number of halogens is 1. The normalized spacial score (nSPS) is 14.2. The first kappa shape index (κ1) is 12.6. The number of hydrogen-bond acceptors (Lipinski definition) is 3. The van der Waals surface area contributed by atoms with Crippen molar-refractivity contribution in [3.05, 3.63) is 43.6 Å². The first-order valence-corrected chi connectivity index (χ1v) is 7.41. The molecule has 0 bridgehead atoms. The number of nitrogen functional groups attached to an aromatic ring is 1. The van der Waals surface area contributed by atoms with Crippen LogP contribution in [0.5, 0.6) is 0 Å². The van der Waals surface area contributed by atoms with E-state index < -0.39 is 33.1 Å². The molecule has 0 radical (unpaired) electrons. The van der Waals surface area contributed by atoms with Crippen molar-refractivity contribution in [3.63, 3.8) is 0 Å². The third-order valence-corrected chi connectivity index (χ3v) is 4.71. The van der Waals surface area contributed by atoms with Crippen LogP contribution in [0.3, 0.4) is 0 Å². The molecule has 0 unspecified atom stereocenters. The standard InChI is InChI=1S/C12H11IN3O2/c14-8-3-1-7(2-4-8)9-5-6-13-10(9)11(17)16-12(15)18/h1-6H,14H2,(H3,15,16,17,18)/q-1. The molecular formula is C12H11IN3O2-. The Morgan fingerprint density at radius 2 is 1.83 bits per heavy atom.